The second-order valence-electron chi connectivity index (χ2n) is 7.79. The first kappa shape index (κ1) is 24.8. The van der Waals surface area contributed by atoms with Crippen LogP contribution in [0.25, 0.3) is 0 Å². The number of ether oxygens (including phenoxy) is 2. The molecule has 3 nitrogen and oxygen atoms in total. The van der Waals surface area contributed by atoms with Crippen molar-refractivity contribution in [1.82, 2.24) is 0 Å². The minimum atomic E-state index is 0. The zero-order chi connectivity index (χ0) is 20.0. The maximum absolute atomic E-state index is 13.0. The summed E-state index contributed by atoms with van der Waals surface area (Å²) in [4.78, 5) is 13.0. The van der Waals surface area contributed by atoms with E-state index in [9.17, 15) is 4.79 Å². The Morgan fingerprint density at radius 1 is 0.964 bits per heavy atom. The third-order valence-corrected chi connectivity index (χ3v) is 5.22. The van der Waals surface area contributed by atoms with Gasteiger partial charge >= 0.3 is 18.9 Å². The van der Waals surface area contributed by atoms with Crippen LogP contribution in [0.15, 0.2) is 36.4 Å². The van der Waals surface area contributed by atoms with E-state index in [0.717, 1.165) is 33.5 Å². The van der Waals surface area contributed by atoms with E-state index >= 15 is 0 Å². The van der Waals surface area contributed by atoms with E-state index in [2.05, 4.69) is 27.7 Å². The quantitative estimate of drug-likeness (QED) is 0.485. The Labute approximate surface area is 185 Å². The first-order valence-corrected chi connectivity index (χ1v) is 10.5. The van der Waals surface area contributed by atoms with Crippen LogP contribution in [0.4, 0.5) is 0 Å². The summed E-state index contributed by atoms with van der Waals surface area (Å²) in [7, 11) is 0.0250. The van der Waals surface area contributed by atoms with Gasteiger partial charge in [-0.25, -0.2) is 0 Å². The molecule has 28 heavy (non-hydrogen) atoms. The second kappa shape index (κ2) is 11.7. The topological polar surface area (TPSA) is 35.5 Å². The molecule has 5 heteroatoms. The van der Waals surface area contributed by atoms with Crippen molar-refractivity contribution in [1.29, 1.82) is 0 Å². The molecule has 0 saturated carbocycles. The van der Waals surface area contributed by atoms with Crippen LogP contribution < -0.4 is 33.6 Å². The molecule has 0 aliphatic rings. The van der Waals surface area contributed by atoms with Crippen molar-refractivity contribution < 1.29 is 34.6 Å². The van der Waals surface area contributed by atoms with Crippen molar-refractivity contribution in [2.24, 2.45) is 11.8 Å². The van der Waals surface area contributed by atoms with E-state index in [1.165, 1.54) is 0 Å². The van der Waals surface area contributed by atoms with Gasteiger partial charge in [0.15, 0.2) is 5.52 Å². The van der Waals surface area contributed by atoms with Gasteiger partial charge in [0.2, 0.25) is 0 Å². The summed E-state index contributed by atoms with van der Waals surface area (Å²) >= 11 is 0. The molecule has 1 atom stereocenters. The molecule has 0 spiro atoms. The van der Waals surface area contributed by atoms with Crippen molar-refractivity contribution in [2.75, 3.05) is 13.2 Å². The zero-order valence-electron chi connectivity index (χ0n) is 19.3. The molecule has 0 bridgehead atoms. The monoisotopic (exact) mass is 394 g/mol. The Hall–Kier alpha value is -1.26. The summed E-state index contributed by atoms with van der Waals surface area (Å²) in [6.07, 6.45) is 0. The van der Waals surface area contributed by atoms with E-state index in [0.29, 0.717) is 25.0 Å². The Morgan fingerprint density at radius 3 is 2.11 bits per heavy atom. The minimum Gasteiger partial charge on any atom is -1.00 e. The number of hydrogen-bond acceptors (Lipinski definition) is 3. The zero-order valence-corrected chi connectivity index (χ0v) is 19.3. The molecule has 0 saturated heterocycles. The standard InChI is InChI=1S/C23H31O3P.Li.H/c1-15(2)13-25-19-10-11-21(20(12-19)26-14-16(3)4)27-23(24)22-17(5)8-7-9-18(22)6;;/h7-12,15-16,27H,13-14H2,1-6H3;;/q;+1;-1. The predicted octanol–water partition coefficient (Wildman–Crippen LogP) is 2.63. The fourth-order valence-electron chi connectivity index (χ4n) is 2.69. The summed E-state index contributed by atoms with van der Waals surface area (Å²) in [5.74, 6) is 2.41. The van der Waals surface area contributed by atoms with Crippen LogP contribution in [0.2, 0.25) is 0 Å². The van der Waals surface area contributed by atoms with E-state index < -0.39 is 0 Å². The SMILES string of the molecule is Cc1cccc(C)c1C(=O)Pc1ccc(OCC(C)C)cc1OCC(C)C.[H-].[Li+]. The van der Waals surface area contributed by atoms with Crippen LogP contribution in [0, 0.1) is 25.7 Å². The van der Waals surface area contributed by atoms with Crippen molar-refractivity contribution in [3.63, 3.8) is 0 Å². The molecule has 0 aliphatic heterocycles. The summed E-state index contributed by atoms with van der Waals surface area (Å²) in [6.45, 7) is 13.7. The van der Waals surface area contributed by atoms with Crippen molar-refractivity contribution in [3.8, 4) is 11.5 Å². The van der Waals surface area contributed by atoms with Gasteiger partial charge in [-0.3, -0.25) is 4.79 Å². The molecule has 2 aromatic carbocycles. The summed E-state index contributed by atoms with van der Waals surface area (Å²) in [5, 5.41) is 0.931. The van der Waals surface area contributed by atoms with Crippen LogP contribution in [0.1, 0.15) is 50.6 Å². The van der Waals surface area contributed by atoms with E-state index in [1.54, 1.807) is 0 Å². The molecule has 0 heterocycles. The average Bonchev–Trinajstić information content (AvgIpc) is 2.59. The maximum atomic E-state index is 13.0. The summed E-state index contributed by atoms with van der Waals surface area (Å²) in [6, 6.07) is 11.8. The normalized spacial score (nSPS) is 11.1. The number of hydrogen-bond donors (Lipinski definition) is 0. The number of carbonyl (C=O) groups is 1. The molecular formula is C23H32LiO3P. The van der Waals surface area contributed by atoms with Crippen molar-refractivity contribution in [2.45, 2.75) is 41.5 Å². The number of rotatable bonds is 9. The molecule has 0 radical (unpaired) electrons. The fourth-order valence-corrected chi connectivity index (χ4v) is 3.89. The van der Waals surface area contributed by atoms with Crippen molar-refractivity contribution >= 4 is 19.4 Å². The van der Waals surface area contributed by atoms with E-state index in [-0.39, 0.29) is 34.4 Å². The first-order chi connectivity index (χ1) is 12.8. The van der Waals surface area contributed by atoms with Crippen LogP contribution in [-0.2, 0) is 0 Å². The van der Waals surface area contributed by atoms with Crippen LogP contribution in [0.5, 0.6) is 11.5 Å². The van der Waals surface area contributed by atoms with Gasteiger partial charge in [0, 0.05) is 16.9 Å². The van der Waals surface area contributed by atoms with Crippen LogP contribution in [0.3, 0.4) is 0 Å². The fraction of sp³-hybridized carbons (Fsp3) is 0.435. The Morgan fingerprint density at radius 2 is 1.54 bits per heavy atom. The van der Waals surface area contributed by atoms with E-state index in [4.69, 9.17) is 9.47 Å². The number of aryl methyl sites for hydroxylation is 2. The Bertz CT molecular complexity index is 773. The third-order valence-electron chi connectivity index (χ3n) is 4.06. The third kappa shape index (κ3) is 7.29. The Balaban J connectivity index is 0.00000392. The maximum Gasteiger partial charge on any atom is 1.00 e. The van der Waals surface area contributed by atoms with Gasteiger partial charge in [-0.15, -0.1) is 0 Å². The van der Waals surface area contributed by atoms with Crippen LogP contribution in [-0.4, -0.2) is 18.7 Å². The molecule has 148 valence electrons. The smallest absolute Gasteiger partial charge is 1.00 e. The molecule has 0 amide bonds. The Kier molecular flexibility index (Phi) is 10.3. The molecule has 1 unspecified atom stereocenters. The van der Waals surface area contributed by atoms with Gasteiger partial charge < -0.3 is 10.9 Å². The van der Waals surface area contributed by atoms with Gasteiger partial charge in [-0.1, -0.05) is 45.9 Å². The molecule has 2 rings (SSSR count). The minimum absolute atomic E-state index is 0. The summed E-state index contributed by atoms with van der Waals surface area (Å²) in [5.41, 5.74) is 3.02. The first-order valence-electron chi connectivity index (χ1n) is 9.55. The largest absolute Gasteiger partial charge is 1.00 e. The molecule has 0 fully saturated rings. The van der Waals surface area contributed by atoms with Gasteiger partial charge in [-0.05, 0) is 57.5 Å². The second-order valence-corrected chi connectivity index (χ2v) is 9.03. The molecule has 0 aromatic heterocycles. The van der Waals surface area contributed by atoms with Gasteiger partial charge in [-0.2, -0.15) is 0 Å². The van der Waals surface area contributed by atoms with Gasteiger partial charge in [0.1, 0.15) is 11.5 Å². The molecule has 0 aliphatic carbocycles. The summed E-state index contributed by atoms with van der Waals surface area (Å²) < 4.78 is 11.9. The number of benzene rings is 2. The van der Waals surface area contributed by atoms with Gasteiger partial charge in [0.05, 0.1) is 13.2 Å². The van der Waals surface area contributed by atoms with Crippen molar-refractivity contribution in [3.05, 3.63) is 53.1 Å². The van der Waals surface area contributed by atoms with Crippen LogP contribution >= 0.6 is 8.58 Å². The molecule has 0 N–H and O–H groups in total. The molecule has 2 aromatic rings. The number of carbonyl (C=O) groups excluding carboxylic acids is 1. The van der Waals surface area contributed by atoms with Gasteiger partial charge in [0.25, 0.3) is 0 Å². The molecular weight excluding hydrogens is 362 g/mol. The average molecular weight is 394 g/mol. The predicted molar refractivity (Wildman–Crippen MR) is 116 cm³/mol. The van der Waals surface area contributed by atoms with E-state index in [1.807, 2.05) is 50.2 Å².